The number of hydrogen-bond donors (Lipinski definition) is 1. The molecule has 5 rings (SSSR count). The maximum Gasteiger partial charge on any atom is 0.251 e. The number of rotatable bonds is 5. The molecule has 0 atom stereocenters. The molecule has 3 aromatic carbocycles. The number of nitrogens with zero attached hydrogens (tertiary/aromatic N) is 2. The second-order valence-electron chi connectivity index (χ2n) is 7.42. The van der Waals surface area contributed by atoms with Crippen molar-refractivity contribution in [3.05, 3.63) is 94.6 Å². The van der Waals surface area contributed by atoms with Crippen molar-refractivity contribution in [2.45, 2.75) is 19.9 Å². The second kappa shape index (κ2) is 8.17. The minimum absolute atomic E-state index is 0.0747. The molecule has 1 amide bonds. The Labute approximate surface area is 189 Å². The fourth-order valence-corrected chi connectivity index (χ4v) is 4.75. The van der Waals surface area contributed by atoms with E-state index in [0.29, 0.717) is 17.1 Å². The second-order valence-corrected chi connectivity index (χ2v) is 8.87. The summed E-state index contributed by atoms with van der Waals surface area (Å²) in [6.45, 7) is 2.65. The van der Waals surface area contributed by atoms with Crippen LogP contribution in [-0.4, -0.2) is 15.3 Å². The van der Waals surface area contributed by atoms with Gasteiger partial charge in [-0.1, -0.05) is 66.3 Å². The van der Waals surface area contributed by atoms with Crippen LogP contribution in [0.1, 0.15) is 28.4 Å². The van der Waals surface area contributed by atoms with Crippen LogP contribution in [0.25, 0.3) is 26.4 Å². The largest absolute Gasteiger partial charge is 0.348 e. The summed E-state index contributed by atoms with van der Waals surface area (Å²) >= 11 is 7.56. The summed E-state index contributed by atoms with van der Waals surface area (Å²) in [5, 5.41) is 3.72. The molecule has 5 aromatic rings. The third-order valence-corrected chi connectivity index (χ3v) is 6.65. The summed E-state index contributed by atoms with van der Waals surface area (Å²) in [6, 6.07) is 21.8. The SMILES string of the molecule is CCc1ccc(CNC(=O)c2ccc3c(c2)sc2nc(-c4ccc(Cl)cc4)cn23)cc1. The number of fused-ring (bicyclic) bond motifs is 3. The Morgan fingerprint density at radius 2 is 1.77 bits per heavy atom. The van der Waals surface area contributed by atoms with Crippen molar-refractivity contribution < 1.29 is 4.79 Å². The maximum atomic E-state index is 12.7. The van der Waals surface area contributed by atoms with E-state index in [1.54, 1.807) is 11.3 Å². The summed E-state index contributed by atoms with van der Waals surface area (Å²) in [7, 11) is 0. The van der Waals surface area contributed by atoms with Crippen molar-refractivity contribution in [2.75, 3.05) is 0 Å². The average molecular weight is 446 g/mol. The molecule has 0 fully saturated rings. The molecule has 4 nitrogen and oxygen atoms in total. The Morgan fingerprint density at radius 3 is 2.52 bits per heavy atom. The van der Waals surface area contributed by atoms with Crippen molar-refractivity contribution >= 4 is 44.0 Å². The first-order chi connectivity index (χ1) is 15.1. The fourth-order valence-electron chi connectivity index (χ4n) is 3.58. The molecule has 154 valence electrons. The van der Waals surface area contributed by atoms with Gasteiger partial charge in [-0.3, -0.25) is 9.20 Å². The Bertz CT molecular complexity index is 1380. The number of nitrogens with one attached hydrogen (secondary N) is 1. The van der Waals surface area contributed by atoms with Crippen molar-refractivity contribution in [3.8, 4) is 11.3 Å². The topological polar surface area (TPSA) is 46.4 Å². The molecule has 0 saturated carbocycles. The van der Waals surface area contributed by atoms with Gasteiger partial charge < -0.3 is 5.32 Å². The number of benzene rings is 3. The van der Waals surface area contributed by atoms with Gasteiger partial charge in [0.05, 0.1) is 15.9 Å². The minimum atomic E-state index is -0.0747. The summed E-state index contributed by atoms with van der Waals surface area (Å²) in [5.74, 6) is -0.0747. The Hall–Kier alpha value is -3.15. The highest BCUT2D eigenvalue weighted by Crippen LogP contribution is 2.30. The highest BCUT2D eigenvalue weighted by atomic mass is 35.5. The Balaban J connectivity index is 1.36. The lowest BCUT2D eigenvalue weighted by Crippen LogP contribution is -2.22. The number of amides is 1. The maximum absolute atomic E-state index is 12.7. The highest BCUT2D eigenvalue weighted by Gasteiger charge is 2.13. The lowest BCUT2D eigenvalue weighted by atomic mass is 10.1. The zero-order valence-corrected chi connectivity index (χ0v) is 18.5. The monoisotopic (exact) mass is 445 g/mol. The number of imidazole rings is 1. The summed E-state index contributed by atoms with van der Waals surface area (Å²) < 4.78 is 3.10. The zero-order valence-electron chi connectivity index (χ0n) is 16.9. The minimum Gasteiger partial charge on any atom is -0.348 e. The molecule has 6 heteroatoms. The van der Waals surface area contributed by atoms with Crippen LogP contribution in [0.3, 0.4) is 0 Å². The van der Waals surface area contributed by atoms with Crippen molar-refractivity contribution in [1.82, 2.24) is 14.7 Å². The number of hydrogen-bond acceptors (Lipinski definition) is 3. The number of thiazole rings is 1. The highest BCUT2D eigenvalue weighted by molar-refractivity contribution is 7.23. The van der Waals surface area contributed by atoms with Crippen molar-refractivity contribution in [1.29, 1.82) is 0 Å². The molecule has 0 aliphatic heterocycles. The van der Waals surface area contributed by atoms with E-state index in [2.05, 4.69) is 40.9 Å². The molecule has 0 aliphatic carbocycles. The molecule has 0 radical (unpaired) electrons. The van der Waals surface area contributed by atoms with Crippen LogP contribution < -0.4 is 5.32 Å². The van der Waals surface area contributed by atoms with Crippen LogP contribution in [0.5, 0.6) is 0 Å². The van der Waals surface area contributed by atoms with Gasteiger partial charge >= 0.3 is 0 Å². The molecule has 0 saturated heterocycles. The first-order valence-electron chi connectivity index (χ1n) is 10.1. The van der Waals surface area contributed by atoms with Gasteiger partial charge in [0.2, 0.25) is 0 Å². The van der Waals surface area contributed by atoms with Crippen molar-refractivity contribution in [3.63, 3.8) is 0 Å². The van der Waals surface area contributed by atoms with Gasteiger partial charge in [0.1, 0.15) is 0 Å². The van der Waals surface area contributed by atoms with Crippen LogP contribution in [0.2, 0.25) is 5.02 Å². The summed E-state index contributed by atoms with van der Waals surface area (Å²) in [6.07, 6.45) is 3.04. The van der Waals surface area contributed by atoms with E-state index in [1.165, 1.54) is 5.56 Å². The third kappa shape index (κ3) is 3.94. The first-order valence-corrected chi connectivity index (χ1v) is 11.3. The van der Waals surface area contributed by atoms with E-state index >= 15 is 0 Å². The quantitative estimate of drug-likeness (QED) is 0.342. The van der Waals surface area contributed by atoms with Gasteiger partial charge in [0.25, 0.3) is 5.91 Å². The summed E-state index contributed by atoms with van der Waals surface area (Å²) in [5.41, 5.74) is 6.01. The first kappa shape index (κ1) is 19.8. The fraction of sp³-hybridized carbons (Fsp3) is 0.120. The average Bonchev–Trinajstić information content (AvgIpc) is 3.36. The number of aryl methyl sites for hydroxylation is 1. The van der Waals surface area contributed by atoms with E-state index in [0.717, 1.165) is 38.4 Å². The van der Waals surface area contributed by atoms with E-state index < -0.39 is 0 Å². The van der Waals surface area contributed by atoms with Crippen LogP contribution in [0, 0.1) is 0 Å². The molecular formula is C25H20ClN3OS. The standard InChI is InChI=1S/C25H20ClN3OS/c1-2-16-3-5-17(6-4-16)14-27-24(30)19-9-12-22-23(13-19)31-25-28-21(15-29(22)25)18-7-10-20(26)11-8-18/h3-13,15H,2,14H2,1H3,(H,27,30). The van der Waals surface area contributed by atoms with Crippen LogP contribution in [0.15, 0.2) is 72.9 Å². The van der Waals surface area contributed by atoms with Gasteiger partial charge in [0.15, 0.2) is 4.96 Å². The molecule has 0 bridgehead atoms. The van der Waals surface area contributed by atoms with Crippen LogP contribution >= 0.6 is 22.9 Å². The van der Waals surface area contributed by atoms with Crippen molar-refractivity contribution in [2.24, 2.45) is 0 Å². The Morgan fingerprint density at radius 1 is 1.03 bits per heavy atom. The third-order valence-electron chi connectivity index (χ3n) is 5.38. The molecule has 2 aromatic heterocycles. The normalized spacial score (nSPS) is 11.3. The van der Waals surface area contributed by atoms with E-state index in [4.69, 9.17) is 16.6 Å². The van der Waals surface area contributed by atoms with Gasteiger partial charge in [-0.25, -0.2) is 4.98 Å². The molecule has 1 N–H and O–H groups in total. The molecule has 31 heavy (non-hydrogen) atoms. The van der Waals surface area contributed by atoms with E-state index in [9.17, 15) is 4.79 Å². The van der Waals surface area contributed by atoms with Gasteiger partial charge in [-0.15, -0.1) is 0 Å². The predicted molar refractivity (Wildman–Crippen MR) is 128 cm³/mol. The van der Waals surface area contributed by atoms with E-state index in [1.807, 2.05) is 48.7 Å². The van der Waals surface area contributed by atoms with Crippen LogP contribution in [0.4, 0.5) is 0 Å². The zero-order chi connectivity index (χ0) is 21.4. The predicted octanol–water partition coefficient (Wildman–Crippen LogP) is 6.36. The molecule has 0 unspecified atom stereocenters. The van der Waals surface area contributed by atoms with E-state index in [-0.39, 0.29) is 5.91 Å². The van der Waals surface area contributed by atoms with Crippen LogP contribution in [-0.2, 0) is 13.0 Å². The number of carbonyl (C=O) groups excluding carboxylic acids is 1. The number of carbonyl (C=O) groups is 1. The van der Waals surface area contributed by atoms with Gasteiger partial charge in [-0.05, 0) is 47.9 Å². The molecule has 0 spiro atoms. The lowest BCUT2D eigenvalue weighted by Gasteiger charge is -2.06. The van der Waals surface area contributed by atoms with Gasteiger partial charge in [0, 0.05) is 28.9 Å². The molecule has 2 heterocycles. The number of aromatic nitrogens is 2. The summed E-state index contributed by atoms with van der Waals surface area (Å²) in [4.78, 5) is 18.3. The molecule has 0 aliphatic rings. The molecular weight excluding hydrogens is 426 g/mol. The number of halogens is 1. The Kier molecular flexibility index (Phi) is 5.22. The lowest BCUT2D eigenvalue weighted by molar-refractivity contribution is 0.0951. The van der Waals surface area contributed by atoms with Gasteiger partial charge in [-0.2, -0.15) is 0 Å². The smallest absolute Gasteiger partial charge is 0.251 e.